The van der Waals surface area contributed by atoms with Crippen LogP contribution in [0.2, 0.25) is 0 Å². The maximum Gasteiger partial charge on any atom is 0.167 e. The molecule has 0 amide bonds. The number of fused-ring (bicyclic) bond motifs is 1. The summed E-state index contributed by atoms with van der Waals surface area (Å²) in [6, 6.07) is -0.903. The first-order chi connectivity index (χ1) is 11.4. The average Bonchev–Trinajstić information content (AvgIpc) is 3.10. The molecule has 0 aromatic carbocycles. The number of imidazole rings is 1. The highest BCUT2D eigenvalue weighted by molar-refractivity contribution is 8.07. The van der Waals surface area contributed by atoms with Crippen molar-refractivity contribution in [1.29, 1.82) is 0 Å². The Balaban J connectivity index is 1.94. The summed E-state index contributed by atoms with van der Waals surface area (Å²) in [5.74, 6) is 0.189. The molecule has 132 valence electrons. The molecule has 0 aliphatic carbocycles. The summed E-state index contributed by atoms with van der Waals surface area (Å²) in [4.78, 5) is 24.0. The van der Waals surface area contributed by atoms with Crippen LogP contribution in [0.3, 0.4) is 0 Å². The predicted molar refractivity (Wildman–Crippen MR) is 85.0 cm³/mol. The maximum absolute atomic E-state index is 12.0. The van der Waals surface area contributed by atoms with E-state index in [9.17, 15) is 15.1 Å². The normalized spacial score (nSPS) is 29.8. The number of aliphatic hydroxyl groups excluding tert-OH is 2. The van der Waals surface area contributed by atoms with Crippen molar-refractivity contribution in [2.24, 2.45) is 0 Å². The number of anilines is 1. The minimum Gasteiger partial charge on any atom is -0.789 e. The highest BCUT2D eigenvalue weighted by atomic mass is 32.5. The molecule has 1 saturated heterocycles. The van der Waals surface area contributed by atoms with Crippen molar-refractivity contribution >= 4 is 35.4 Å². The van der Waals surface area contributed by atoms with Crippen molar-refractivity contribution in [3.05, 3.63) is 12.7 Å². The quantitative estimate of drug-likeness (QED) is 0.421. The SMILES string of the molecule is COP([O-])(=S)N[C@H]1[C@@H](O)[C@H](n2cnc3c(N)ncnc32)O[C@@H]1CO. The van der Waals surface area contributed by atoms with Gasteiger partial charge in [-0.25, -0.2) is 15.0 Å². The molecular formula is C11H16N6O5PS-. The summed E-state index contributed by atoms with van der Waals surface area (Å²) in [5, 5.41) is 22.6. The van der Waals surface area contributed by atoms with Crippen molar-refractivity contribution in [3.8, 4) is 0 Å². The summed E-state index contributed by atoms with van der Waals surface area (Å²) in [7, 11) is 1.19. The van der Waals surface area contributed by atoms with Gasteiger partial charge < -0.3 is 30.1 Å². The zero-order valence-corrected chi connectivity index (χ0v) is 14.2. The molecule has 0 saturated carbocycles. The Bertz CT molecular complexity index is 789. The first-order valence-corrected chi connectivity index (χ1v) is 9.53. The molecule has 24 heavy (non-hydrogen) atoms. The van der Waals surface area contributed by atoms with Crippen LogP contribution >= 0.6 is 6.64 Å². The number of aromatic nitrogens is 4. The number of ether oxygens (including phenoxy) is 1. The number of rotatable bonds is 5. The smallest absolute Gasteiger partial charge is 0.167 e. The van der Waals surface area contributed by atoms with Gasteiger partial charge in [-0.3, -0.25) is 9.65 Å². The standard InChI is InChI=1S/C11H17N6O5PS/c1-21-23(20,24)16-6-5(2-18)22-11(8(6)19)17-4-15-7-9(12)13-3-14-10(7)17/h3-6,8,11,18-19H,2H2,1H3,(H2,12,13,14)(H2,16,20,24)/p-1/t5-,6-,8-,11-,23?/m1/s1. The molecule has 0 spiro atoms. The lowest BCUT2D eigenvalue weighted by molar-refractivity contribution is -0.185. The van der Waals surface area contributed by atoms with Gasteiger partial charge in [-0.2, -0.15) is 0 Å². The lowest BCUT2D eigenvalue weighted by atomic mass is 10.1. The van der Waals surface area contributed by atoms with Crippen LogP contribution in [-0.2, 0) is 21.1 Å². The van der Waals surface area contributed by atoms with E-state index in [1.165, 1.54) is 24.3 Å². The summed E-state index contributed by atoms with van der Waals surface area (Å²) in [6.07, 6.45) is -0.330. The van der Waals surface area contributed by atoms with Gasteiger partial charge in [0.25, 0.3) is 0 Å². The van der Waals surface area contributed by atoms with Gasteiger partial charge in [0, 0.05) is 7.11 Å². The number of hydrogen-bond donors (Lipinski definition) is 4. The molecule has 13 heteroatoms. The third kappa shape index (κ3) is 3.03. The number of aliphatic hydroxyl groups is 2. The van der Waals surface area contributed by atoms with Crippen LogP contribution in [-0.4, -0.2) is 61.7 Å². The van der Waals surface area contributed by atoms with Gasteiger partial charge >= 0.3 is 0 Å². The molecule has 3 rings (SSSR count). The number of nitrogens with two attached hydrogens (primary N) is 1. The van der Waals surface area contributed by atoms with E-state index in [1.54, 1.807) is 0 Å². The molecule has 11 nitrogen and oxygen atoms in total. The first-order valence-electron chi connectivity index (χ1n) is 6.90. The van der Waals surface area contributed by atoms with Crippen LogP contribution in [0.1, 0.15) is 6.23 Å². The van der Waals surface area contributed by atoms with E-state index in [0.29, 0.717) is 11.2 Å². The van der Waals surface area contributed by atoms with Gasteiger partial charge in [0.1, 0.15) is 24.1 Å². The fourth-order valence-corrected chi connectivity index (χ4v) is 3.73. The van der Waals surface area contributed by atoms with E-state index in [1.807, 2.05) is 0 Å². The van der Waals surface area contributed by atoms with Crippen LogP contribution in [0.15, 0.2) is 12.7 Å². The molecule has 5 atom stereocenters. The fraction of sp³-hybridized carbons (Fsp3) is 0.545. The van der Waals surface area contributed by atoms with E-state index in [2.05, 4.69) is 20.0 Å². The lowest BCUT2D eigenvalue weighted by Gasteiger charge is -2.32. The molecule has 1 unspecified atom stereocenters. The molecular weight excluding hydrogens is 359 g/mol. The van der Waals surface area contributed by atoms with E-state index in [4.69, 9.17) is 26.8 Å². The van der Waals surface area contributed by atoms with Crippen molar-refractivity contribution in [2.75, 3.05) is 19.5 Å². The summed E-state index contributed by atoms with van der Waals surface area (Å²) >= 11 is 4.79. The van der Waals surface area contributed by atoms with Crippen molar-refractivity contribution < 1.29 is 24.4 Å². The Hall–Kier alpha value is -1.24. The number of nitrogen functional groups attached to an aromatic ring is 1. The molecule has 0 bridgehead atoms. The van der Waals surface area contributed by atoms with E-state index >= 15 is 0 Å². The molecule has 1 aliphatic rings. The highest BCUT2D eigenvalue weighted by Crippen LogP contribution is 2.38. The molecule has 3 heterocycles. The van der Waals surface area contributed by atoms with Gasteiger partial charge in [0.15, 0.2) is 17.7 Å². The number of nitrogens with zero attached hydrogens (tertiary/aromatic N) is 4. The summed E-state index contributed by atoms with van der Waals surface area (Å²) < 4.78 is 11.8. The van der Waals surface area contributed by atoms with Crippen LogP contribution in [0.25, 0.3) is 11.2 Å². The molecule has 1 fully saturated rings. The number of hydrogen-bond acceptors (Lipinski definition) is 10. The molecule has 5 N–H and O–H groups in total. The Morgan fingerprint density at radius 3 is 2.96 bits per heavy atom. The Labute approximate surface area is 141 Å². The predicted octanol–water partition coefficient (Wildman–Crippen LogP) is -2.15. The third-order valence-corrected chi connectivity index (χ3v) is 5.62. The van der Waals surface area contributed by atoms with Gasteiger partial charge in [-0.15, -0.1) is 0 Å². The minimum absolute atomic E-state index is 0.189. The van der Waals surface area contributed by atoms with E-state index in [-0.39, 0.29) is 5.82 Å². The average molecular weight is 375 g/mol. The Morgan fingerprint density at radius 1 is 1.54 bits per heavy atom. The summed E-state index contributed by atoms with van der Waals surface area (Å²) in [6.45, 7) is -3.98. The number of nitrogens with one attached hydrogen (secondary N) is 1. The van der Waals surface area contributed by atoms with Crippen molar-refractivity contribution in [3.63, 3.8) is 0 Å². The largest absolute Gasteiger partial charge is 0.789 e. The van der Waals surface area contributed by atoms with Gasteiger partial charge in [0.05, 0.1) is 25.6 Å². The highest BCUT2D eigenvalue weighted by Gasteiger charge is 2.45. The van der Waals surface area contributed by atoms with Gasteiger partial charge in [-0.05, 0) is 0 Å². The second-order valence-electron chi connectivity index (χ2n) is 5.16. The topological polar surface area (TPSA) is 164 Å². The van der Waals surface area contributed by atoms with Crippen molar-refractivity contribution in [1.82, 2.24) is 24.6 Å². The zero-order chi connectivity index (χ0) is 17.5. The van der Waals surface area contributed by atoms with Crippen LogP contribution in [0.5, 0.6) is 0 Å². The van der Waals surface area contributed by atoms with Crippen LogP contribution < -0.4 is 15.7 Å². The van der Waals surface area contributed by atoms with Gasteiger partial charge in [0.2, 0.25) is 0 Å². The fourth-order valence-electron chi connectivity index (χ4n) is 2.58. The Morgan fingerprint density at radius 2 is 2.29 bits per heavy atom. The second-order valence-corrected chi connectivity index (χ2v) is 8.22. The molecule has 2 aromatic heterocycles. The summed E-state index contributed by atoms with van der Waals surface area (Å²) in [5.41, 5.74) is 6.45. The lowest BCUT2D eigenvalue weighted by Crippen LogP contribution is -2.45. The van der Waals surface area contributed by atoms with Crippen molar-refractivity contribution in [2.45, 2.75) is 24.5 Å². The maximum atomic E-state index is 12.0. The van der Waals surface area contributed by atoms with E-state index in [0.717, 1.165) is 0 Å². The monoisotopic (exact) mass is 375 g/mol. The van der Waals surface area contributed by atoms with Gasteiger partial charge in [-0.1, -0.05) is 11.8 Å². The molecule has 1 aliphatic heterocycles. The zero-order valence-electron chi connectivity index (χ0n) is 12.5. The first kappa shape index (κ1) is 17.6. The van der Waals surface area contributed by atoms with E-state index < -0.39 is 37.7 Å². The Kier molecular flexibility index (Phi) is 4.82. The van der Waals surface area contributed by atoms with Crippen LogP contribution in [0.4, 0.5) is 5.82 Å². The second kappa shape index (κ2) is 6.58. The third-order valence-electron chi connectivity index (χ3n) is 3.76. The molecule has 2 aromatic rings. The molecule has 0 radical (unpaired) electrons. The minimum atomic E-state index is -3.56. The van der Waals surface area contributed by atoms with Crippen LogP contribution in [0, 0.1) is 0 Å².